The van der Waals surface area contributed by atoms with E-state index >= 15 is 0 Å². The lowest BCUT2D eigenvalue weighted by Gasteiger charge is -1.97. The molecule has 1 aliphatic heterocycles. The molecule has 0 aliphatic carbocycles. The van der Waals surface area contributed by atoms with E-state index in [9.17, 15) is 4.79 Å². The highest BCUT2D eigenvalue weighted by Crippen LogP contribution is 2.18. The first kappa shape index (κ1) is 11.0. The van der Waals surface area contributed by atoms with Crippen LogP contribution in [0.25, 0.3) is 0 Å². The molecule has 0 atom stereocenters. The minimum Gasteiger partial charge on any atom is -0.402 e. The minimum absolute atomic E-state index is 0.375. The van der Waals surface area contributed by atoms with Crippen LogP contribution >= 0.6 is 11.8 Å². The van der Waals surface area contributed by atoms with Crippen LogP contribution in [0, 0.1) is 0 Å². The number of nitrogens with zero attached hydrogens (tertiary/aromatic N) is 1. The first-order chi connectivity index (χ1) is 7.81. The highest BCUT2D eigenvalue weighted by molar-refractivity contribution is 8.02. The molecule has 4 heteroatoms. The Kier molecular flexibility index (Phi) is 3.41. The molecule has 0 spiro atoms. The number of ether oxygens (including phenoxy) is 1. The Morgan fingerprint density at radius 2 is 2.12 bits per heavy atom. The molecule has 0 saturated carbocycles. The maximum absolute atomic E-state index is 11.4. The number of benzene rings is 1. The fourth-order valence-electron chi connectivity index (χ4n) is 1.26. The second-order valence-electron chi connectivity index (χ2n) is 3.13. The lowest BCUT2D eigenvalue weighted by molar-refractivity contribution is -0.130. The van der Waals surface area contributed by atoms with E-state index in [1.165, 1.54) is 11.8 Å². The van der Waals surface area contributed by atoms with Gasteiger partial charge in [-0.2, -0.15) is 0 Å². The molecule has 0 N–H and O–H groups in total. The molecule has 1 heterocycles. The number of carbonyl (C=O) groups is 1. The van der Waals surface area contributed by atoms with Crippen LogP contribution in [0.5, 0.6) is 0 Å². The number of hydrogen-bond donors (Lipinski definition) is 0. The fourth-order valence-corrected chi connectivity index (χ4v) is 1.73. The SMILES string of the molecule is CCSC=C1N=C(c2ccccc2)OC1=O. The summed E-state index contributed by atoms with van der Waals surface area (Å²) >= 11 is 1.54. The topological polar surface area (TPSA) is 38.7 Å². The Morgan fingerprint density at radius 1 is 1.38 bits per heavy atom. The molecule has 0 fully saturated rings. The standard InChI is InChI=1S/C12H11NO2S/c1-2-16-8-10-12(14)15-11(13-10)9-6-4-3-5-7-9/h3-8H,2H2,1H3. The third kappa shape index (κ3) is 2.33. The normalized spacial score (nSPS) is 17.4. The Labute approximate surface area is 98.2 Å². The van der Waals surface area contributed by atoms with Crippen LogP contribution in [0.1, 0.15) is 12.5 Å². The molecule has 16 heavy (non-hydrogen) atoms. The number of aliphatic imine (C=N–C) groups is 1. The Balaban J connectivity index is 2.23. The Hall–Kier alpha value is -1.55. The van der Waals surface area contributed by atoms with Gasteiger partial charge in [-0.3, -0.25) is 0 Å². The largest absolute Gasteiger partial charge is 0.402 e. The van der Waals surface area contributed by atoms with Crippen LogP contribution in [-0.2, 0) is 9.53 Å². The molecule has 0 bridgehead atoms. The van der Waals surface area contributed by atoms with Gasteiger partial charge in [-0.15, -0.1) is 11.8 Å². The zero-order valence-corrected chi connectivity index (χ0v) is 9.66. The van der Waals surface area contributed by atoms with Gasteiger partial charge in [0.05, 0.1) is 0 Å². The average molecular weight is 233 g/mol. The van der Waals surface area contributed by atoms with Crippen molar-refractivity contribution >= 4 is 23.6 Å². The third-order valence-electron chi connectivity index (χ3n) is 2.00. The van der Waals surface area contributed by atoms with E-state index in [0.29, 0.717) is 11.6 Å². The first-order valence-electron chi connectivity index (χ1n) is 4.99. The molecule has 1 aromatic carbocycles. The number of esters is 1. The zero-order valence-electron chi connectivity index (χ0n) is 8.84. The fraction of sp³-hybridized carbons (Fsp3) is 0.167. The molecular formula is C12H11NO2S. The molecule has 0 saturated heterocycles. The van der Waals surface area contributed by atoms with Gasteiger partial charge in [0, 0.05) is 11.0 Å². The van der Waals surface area contributed by atoms with Crippen LogP contribution in [-0.4, -0.2) is 17.6 Å². The summed E-state index contributed by atoms with van der Waals surface area (Å²) in [6, 6.07) is 9.40. The molecule has 2 rings (SSSR count). The van der Waals surface area contributed by atoms with E-state index in [2.05, 4.69) is 4.99 Å². The summed E-state index contributed by atoms with van der Waals surface area (Å²) in [6.07, 6.45) is 0. The van der Waals surface area contributed by atoms with Gasteiger partial charge in [-0.1, -0.05) is 25.1 Å². The van der Waals surface area contributed by atoms with Gasteiger partial charge in [0.25, 0.3) is 0 Å². The van der Waals surface area contributed by atoms with E-state index in [1.807, 2.05) is 37.3 Å². The monoisotopic (exact) mass is 233 g/mol. The van der Waals surface area contributed by atoms with E-state index in [4.69, 9.17) is 4.74 Å². The second kappa shape index (κ2) is 4.99. The first-order valence-corrected chi connectivity index (χ1v) is 6.04. The van der Waals surface area contributed by atoms with Crippen LogP contribution in [0.3, 0.4) is 0 Å². The van der Waals surface area contributed by atoms with E-state index in [0.717, 1.165) is 11.3 Å². The lowest BCUT2D eigenvalue weighted by Crippen LogP contribution is -2.04. The van der Waals surface area contributed by atoms with Crippen molar-refractivity contribution in [2.45, 2.75) is 6.92 Å². The molecule has 3 nitrogen and oxygen atoms in total. The molecule has 1 aromatic rings. The number of thioether (sulfide) groups is 1. The van der Waals surface area contributed by atoms with Crippen LogP contribution in [0.2, 0.25) is 0 Å². The molecule has 1 aliphatic rings. The van der Waals surface area contributed by atoms with E-state index in [1.54, 1.807) is 5.41 Å². The predicted octanol–water partition coefficient (Wildman–Crippen LogP) is 2.58. The van der Waals surface area contributed by atoms with Gasteiger partial charge < -0.3 is 4.74 Å². The van der Waals surface area contributed by atoms with Crippen molar-refractivity contribution in [1.29, 1.82) is 0 Å². The highest BCUT2D eigenvalue weighted by atomic mass is 32.2. The van der Waals surface area contributed by atoms with Gasteiger partial charge >= 0.3 is 5.97 Å². The van der Waals surface area contributed by atoms with Crippen molar-refractivity contribution < 1.29 is 9.53 Å². The van der Waals surface area contributed by atoms with Crippen molar-refractivity contribution in [2.24, 2.45) is 4.99 Å². The van der Waals surface area contributed by atoms with Crippen LogP contribution in [0.4, 0.5) is 0 Å². The van der Waals surface area contributed by atoms with E-state index < -0.39 is 0 Å². The Morgan fingerprint density at radius 3 is 2.81 bits per heavy atom. The molecule has 82 valence electrons. The van der Waals surface area contributed by atoms with Crippen molar-refractivity contribution in [2.75, 3.05) is 5.75 Å². The summed E-state index contributed by atoms with van der Waals surface area (Å²) in [7, 11) is 0. The zero-order chi connectivity index (χ0) is 11.4. The van der Waals surface area contributed by atoms with Gasteiger partial charge in [0.15, 0.2) is 5.70 Å². The summed E-state index contributed by atoms with van der Waals surface area (Å²) in [4.78, 5) is 15.6. The molecule has 0 unspecified atom stereocenters. The molecule has 0 amide bonds. The number of rotatable bonds is 3. The maximum Gasteiger partial charge on any atom is 0.364 e. The maximum atomic E-state index is 11.4. The summed E-state index contributed by atoms with van der Waals surface area (Å²) in [6.45, 7) is 2.02. The smallest absolute Gasteiger partial charge is 0.364 e. The quantitative estimate of drug-likeness (QED) is 0.595. The molecule has 0 radical (unpaired) electrons. The summed E-state index contributed by atoms with van der Waals surface area (Å²) in [5.41, 5.74) is 1.20. The lowest BCUT2D eigenvalue weighted by atomic mass is 10.2. The number of cyclic esters (lactones) is 1. The summed E-state index contributed by atoms with van der Waals surface area (Å²) in [5.74, 6) is 0.917. The molecular weight excluding hydrogens is 222 g/mol. The highest BCUT2D eigenvalue weighted by Gasteiger charge is 2.23. The third-order valence-corrected chi connectivity index (χ3v) is 2.73. The minimum atomic E-state index is -0.375. The van der Waals surface area contributed by atoms with Gasteiger partial charge in [-0.25, -0.2) is 9.79 Å². The van der Waals surface area contributed by atoms with E-state index in [-0.39, 0.29) is 5.97 Å². The summed E-state index contributed by atoms with van der Waals surface area (Å²) in [5, 5.41) is 1.73. The van der Waals surface area contributed by atoms with Gasteiger partial charge in [-0.05, 0) is 17.9 Å². The number of carbonyl (C=O) groups excluding carboxylic acids is 1. The van der Waals surface area contributed by atoms with Crippen molar-refractivity contribution in [3.8, 4) is 0 Å². The average Bonchev–Trinajstić information content (AvgIpc) is 2.69. The van der Waals surface area contributed by atoms with Gasteiger partial charge in [0.2, 0.25) is 5.90 Å². The second-order valence-corrected chi connectivity index (χ2v) is 4.28. The van der Waals surface area contributed by atoms with Gasteiger partial charge in [0.1, 0.15) is 0 Å². The van der Waals surface area contributed by atoms with Crippen LogP contribution in [0.15, 0.2) is 46.4 Å². The Bertz CT molecular complexity index is 451. The molecule has 0 aromatic heterocycles. The number of hydrogen-bond acceptors (Lipinski definition) is 4. The van der Waals surface area contributed by atoms with Crippen molar-refractivity contribution in [3.05, 3.63) is 47.0 Å². The summed E-state index contributed by atoms with van der Waals surface area (Å²) < 4.78 is 5.09. The van der Waals surface area contributed by atoms with Crippen molar-refractivity contribution in [3.63, 3.8) is 0 Å². The predicted molar refractivity (Wildman–Crippen MR) is 65.3 cm³/mol. The van der Waals surface area contributed by atoms with Crippen LogP contribution < -0.4 is 0 Å². The van der Waals surface area contributed by atoms with Crippen molar-refractivity contribution in [1.82, 2.24) is 0 Å².